The van der Waals surface area contributed by atoms with Crippen LogP contribution in [0, 0.1) is 5.41 Å². The lowest BCUT2D eigenvalue weighted by Crippen LogP contribution is -2.43. The molecular formula is C33H60N16O12. The Hall–Kier alpha value is -5.20. The van der Waals surface area contributed by atoms with Crippen molar-refractivity contribution in [2.24, 2.45) is 25.9 Å². The summed E-state index contributed by atoms with van der Waals surface area (Å²) < 4.78 is 44.9. The van der Waals surface area contributed by atoms with E-state index in [0.717, 1.165) is 0 Å². The fourth-order valence-electron chi connectivity index (χ4n) is 4.48. The molecule has 344 valence electrons. The van der Waals surface area contributed by atoms with Crippen molar-refractivity contribution in [2.45, 2.75) is 25.7 Å². The quantitative estimate of drug-likeness (QED) is 0.0292. The van der Waals surface area contributed by atoms with Gasteiger partial charge in [0.2, 0.25) is 23.6 Å². The SMILES string of the molecule is [N-]=[N+]=NCCOCCNC(=O)CCOCC(COCCC(=O)NCCOCCN=[N+]=[N-])(COCCC(=O)NCCOCCN=[N+]=[N-])COCCC(=O)NCCOCCN=[N+]=[N-]. The summed E-state index contributed by atoms with van der Waals surface area (Å²) in [5.74, 6) is -1.17. The first-order chi connectivity index (χ1) is 29.8. The maximum Gasteiger partial charge on any atom is 0.222 e. The zero-order chi connectivity index (χ0) is 44.8. The molecule has 0 aromatic rings. The fraction of sp³-hybridized carbons (Fsp3) is 0.879. The van der Waals surface area contributed by atoms with Gasteiger partial charge in [0.15, 0.2) is 0 Å². The molecule has 0 aromatic carbocycles. The Morgan fingerprint density at radius 2 is 0.590 bits per heavy atom. The highest BCUT2D eigenvalue weighted by molar-refractivity contribution is 5.77. The van der Waals surface area contributed by atoms with Crippen molar-refractivity contribution in [1.82, 2.24) is 21.3 Å². The normalized spacial score (nSPS) is 11.4. The molecule has 0 saturated carbocycles. The highest BCUT2D eigenvalue weighted by Crippen LogP contribution is 2.21. The minimum Gasteiger partial charge on any atom is -0.380 e. The van der Waals surface area contributed by atoms with Gasteiger partial charge >= 0.3 is 0 Å². The van der Waals surface area contributed by atoms with Crippen molar-refractivity contribution >= 4 is 23.6 Å². The molecule has 61 heavy (non-hydrogen) atoms. The van der Waals surface area contributed by atoms with Crippen LogP contribution in [0.25, 0.3) is 41.8 Å². The Kier molecular flexibility index (Phi) is 39.3. The van der Waals surface area contributed by atoms with E-state index in [1.54, 1.807) is 0 Å². The van der Waals surface area contributed by atoms with E-state index in [4.69, 9.17) is 60.0 Å². The summed E-state index contributed by atoms with van der Waals surface area (Å²) in [4.78, 5) is 60.2. The summed E-state index contributed by atoms with van der Waals surface area (Å²) in [6.45, 7) is 3.40. The molecule has 4 N–H and O–H groups in total. The number of hydrogen-bond donors (Lipinski definition) is 4. The van der Waals surface area contributed by atoms with E-state index < -0.39 is 5.41 Å². The predicted molar refractivity (Wildman–Crippen MR) is 216 cm³/mol. The van der Waals surface area contributed by atoms with E-state index in [1.807, 2.05) is 0 Å². The van der Waals surface area contributed by atoms with Crippen LogP contribution in [0.1, 0.15) is 25.7 Å². The summed E-state index contributed by atoms with van der Waals surface area (Å²) in [6.07, 6.45) is 0.0462. The summed E-state index contributed by atoms with van der Waals surface area (Å²) >= 11 is 0. The highest BCUT2D eigenvalue weighted by Gasteiger charge is 2.33. The molecule has 0 fully saturated rings. The van der Waals surface area contributed by atoms with Crippen LogP contribution in [-0.4, -0.2) is 182 Å². The average Bonchev–Trinajstić information content (AvgIpc) is 3.25. The number of nitrogens with one attached hydrogen (secondary N) is 4. The molecule has 0 radical (unpaired) electrons. The summed E-state index contributed by atoms with van der Waals surface area (Å²) in [7, 11) is 0. The third-order valence-corrected chi connectivity index (χ3v) is 7.40. The second-order valence-electron chi connectivity index (χ2n) is 12.4. The maximum atomic E-state index is 12.4. The molecule has 28 heteroatoms. The van der Waals surface area contributed by atoms with Crippen molar-refractivity contribution in [1.29, 1.82) is 0 Å². The molecule has 0 bridgehead atoms. The predicted octanol–water partition coefficient (Wildman–Crippen LogP) is 1.37. The fourth-order valence-corrected chi connectivity index (χ4v) is 4.48. The van der Waals surface area contributed by atoms with Gasteiger partial charge in [-0.3, -0.25) is 19.2 Å². The Balaban J connectivity index is 5.41. The molecule has 0 saturated heterocycles. The number of azide groups is 4. The summed E-state index contributed by atoms with van der Waals surface area (Å²) in [5, 5.41) is 24.3. The minimum atomic E-state index is -1.01. The van der Waals surface area contributed by atoms with Crippen molar-refractivity contribution < 1.29 is 57.1 Å². The Bertz CT molecular complexity index is 1190. The van der Waals surface area contributed by atoms with Gasteiger partial charge in [-0.2, -0.15) is 0 Å². The van der Waals surface area contributed by atoms with Gasteiger partial charge in [-0.1, -0.05) is 20.5 Å². The molecule has 0 rings (SSSR count). The van der Waals surface area contributed by atoms with E-state index in [9.17, 15) is 19.2 Å². The van der Waals surface area contributed by atoms with Gasteiger partial charge in [0.1, 0.15) is 0 Å². The second-order valence-corrected chi connectivity index (χ2v) is 12.4. The average molecular weight is 873 g/mol. The van der Waals surface area contributed by atoms with E-state index in [-0.39, 0.29) is 207 Å². The first kappa shape index (κ1) is 55.8. The van der Waals surface area contributed by atoms with Crippen molar-refractivity contribution in [3.05, 3.63) is 41.8 Å². The summed E-state index contributed by atoms with van der Waals surface area (Å²) in [6, 6.07) is 0. The molecule has 4 amide bonds. The Morgan fingerprint density at radius 3 is 0.803 bits per heavy atom. The van der Waals surface area contributed by atoms with E-state index in [1.165, 1.54) is 0 Å². The van der Waals surface area contributed by atoms with Crippen molar-refractivity contribution in [3.8, 4) is 0 Å². The van der Waals surface area contributed by atoms with Gasteiger partial charge in [0, 0.05) is 97.7 Å². The van der Waals surface area contributed by atoms with Crippen LogP contribution in [0.15, 0.2) is 20.5 Å². The minimum absolute atomic E-state index is 0.0116. The lowest BCUT2D eigenvalue weighted by molar-refractivity contribution is -0.129. The lowest BCUT2D eigenvalue weighted by Gasteiger charge is -2.33. The third-order valence-electron chi connectivity index (χ3n) is 7.40. The number of amides is 4. The molecule has 0 aliphatic rings. The van der Waals surface area contributed by atoms with Gasteiger partial charge in [0.05, 0.1) is 111 Å². The number of hydrogen-bond acceptors (Lipinski definition) is 16. The number of rotatable bonds is 44. The Morgan fingerprint density at radius 1 is 0.361 bits per heavy atom. The van der Waals surface area contributed by atoms with Gasteiger partial charge in [-0.15, -0.1) is 0 Å². The van der Waals surface area contributed by atoms with Crippen molar-refractivity contribution in [3.63, 3.8) is 0 Å². The number of carbonyl (C=O) groups excluding carboxylic acids is 4. The largest absolute Gasteiger partial charge is 0.380 e. The van der Waals surface area contributed by atoms with Crippen LogP contribution < -0.4 is 21.3 Å². The van der Waals surface area contributed by atoms with E-state index >= 15 is 0 Å². The molecule has 0 unspecified atom stereocenters. The van der Waals surface area contributed by atoms with Gasteiger partial charge in [-0.25, -0.2) is 0 Å². The molecule has 28 nitrogen and oxygen atoms in total. The van der Waals surface area contributed by atoms with Crippen molar-refractivity contribution in [2.75, 3.05) is 158 Å². The maximum absolute atomic E-state index is 12.4. The Labute approximate surface area is 353 Å². The van der Waals surface area contributed by atoms with Gasteiger partial charge in [-0.05, 0) is 22.1 Å². The first-order valence-corrected chi connectivity index (χ1v) is 19.5. The van der Waals surface area contributed by atoms with Crippen LogP contribution in [0.5, 0.6) is 0 Å². The van der Waals surface area contributed by atoms with E-state index in [0.29, 0.717) is 0 Å². The monoisotopic (exact) mass is 872 g/mol. The van der Waals surface area contributed by atoms with Crippen LogP contribution in [0.3, 0.4) is 0 Å². The summed E-state index contributed by atoms with van der Waals surface area (Å²) in [5.41, 5.74) is 32.3. The molecule has 0 aliphatic carbocycles. The molecule has 0 heterocycles. The highest BCUT2D eigenvalue weighted by atomic mass is 16.5. The third kappa shape index (κ3) is 38.7. The number of carbonyl (C=O) groups is 4. The van der Waals surface area contributed by atoms with Crippen LogP contribution >= 0.6 is 0 Å². The number of ether oxygens (including phenoxy) is 8. The lowest BCUT2D eigenvalue weighted by atomic mass is 9.92. The van der Waals surface area contributed by atoms with Crippen LogP contribution in [-0.2, 0) is 57.1 Å². The molecule has 0 aromatic heterocycles. The first-order valence-electron chi connectivity index (χ1n) is 19.5. The zero-order valence-corrected chi connectivity index (χ0v) is 34.6. The van der Waals surface area contributed by atoms with Crippen LogP contribution in [0.2, 0.25) is 0 Å². The molecule has 0 aliphatic heterocycles. The molecular weight excluding hydrogens is 812 g/mol. The standard InChI is InChI=1S/C33H60N16O12/c34-46-42-9-21-54-17-5-38-29(50)1-13-58-25-33(26-59-14-2-30(51)39-6-18-55-22-10-43-47-35,27-60-15-3-31(52)40-7-19-56-23-11-44-48-36)28-61-16-4-32(53)41-8-20-57-24-12-45-49-37/h1-28H2,(H,38,50)(H,39,51)(H,40,52)(H,41,53). The molecule has 0 spiro atoms. The van der Waals surface area contributed by atoms with Crippen LogP contribution in [0.4, 0.5) is 0 Å². The van der Waals surface area contributed by atoms with Gasteiger partial charge in [0.25, 0.3) is 0 Å². The topological polar surface area (TPSA) is 385 Å². The molecule has 0 atom stereocenters. The number of nitrogens with zero attached hydrogens (tertiary/aromatic N) is 12. The zero-order valence-electron chi connectivity index (χ0n) is 34.6. The van der Waals surface area contributed by atoms with Gasteiger partial charge < -0.3 is 59.2 Å². The van der Waals surface area contributed by atoms with E-state index in [2.05, 4.69) is 61.4 Å². The second kappa shape index (κ2) is 42.9. The smallest absolute Gasteiger partial charge is 0.222 e.